The van der Waals surface area contributed by atoms with Gasteiger partial charge in [-0.15, -0.1) is 13.2 Å². The zero-order chi connectivity index (χ0) is 14.8. The number of nitrogens with zero attached hydrogens (tertiary/aromatic N) is 1. The lowest BCUT2D eigenvalue weighted by Crippen LogP contribution is -2.20. The molecule has 0 radical (unpaired) electrons. The van der Waals surface area contributed by atoms with Gasteiger partial charge in [0.1, 0.15) is 11.3 Å². The van der Waals surface area contributed by atoms with E-state index in [0.717, 1.165) is 7.11 Å². The first kappa shape index (κ1) is 15.3. The highest BCUT2D eigenvalue weighted by Crippen LogP contribution is 2.40. The van der Waals surface area contributed by atoms with E-state index in [1.54, 1.807) is 0 Å². The summed E-state index contributed by atoms with van der Waals surface area (Å²) in [5.74, 6) is -2.19. The first-order valence-corrected chi connectivity index (χ1v) is 4.60. The third-order valence-electron chi connectivity index (χ3n) is 1.90. The van der Waals surface area contributed by atoms with Gasteiger partial charge in [-0.3, -0.25) is 0 Å². The summed E-state index contributed by atoms with van der Waals surface area (Å²) in [6.45, 7) is -1.04. The van der Waals surface area contributed by atoms with Crippen molar-refractivity contribution in [3.05, 3.63) is 17.3 Å². The molecule has 4 nitrogen and oxygen atoms in total. The number of aromatic nitrogens is 1. The summed E-state index contributed by atoms with van der Waals surface area (Å²) in [5, 5.41) is 8.82. The quantitative estimate of drug-likeness (QED) is 0.869. The van der Waals surface area contributed by atoms with Crippen molar-refractivity contribution in [2.24, 2.45) is 0 Å². The van der Waals surface area contributed by atoms with Gasteiger partial charge in [0, 0.05) is 6.07 Å². The second-order valence-corrected chi connectivity index (χ2v) is 3.19. The van der Waals surface area contributed by atoms with Crippen LogP contribution in [0.5, 0.6) is 11.6 Å². The third kappa shape index (κ3) is 3.88. The van der Waals surface area contributed by atoms with E-state index in [9.17, 15) is 26.3 Å². The number of ether oxygens (including phenoxy) is 2. The Labute approximate surface area is 102 Å². The number of pyridine rings is 1. The average Bonchev–Trinajstić information content (AvgIpc) is 2.24. The molecule has 1 aromatic heterocycles. The van der Waals surface area contributed by atoms with Gasteiger partial charge in [0.25, 0.3) is 0 Å². The monoisotopic (exact) mass is 291 g/mol. The number of aliphatic hydroxyl groups excluding tert-OH is 1. The van der Waals surface area contributed by atoms with Crippen molar-refractivity contribution >= 4 is 0 Å². The van der Waals surface area contributed by atoms with Crippen molar-refractivity contribution < 1.29 is 40.9 Å². The highest BCUT2D eigenvalue weighted by Gasteiger charge is 2.39. The smallest absolute Gasteiger partial charge is 0.494 e. The molecule has 0 aromatic carbocycles. The van der Waals surface area contributed by atoms with E-state index in [1.807, 2.05) is 0 Å². The summed E-state index contributed by atoms with van der Waals surface area (Å²) in [7, 11) is 0.871. The molecule has 1 aromatic rings. The second-order valence-electron chi connectivity index (χ2n) is 3.19. The maximum atomic E-state index is 12.6. The van der Waals surface area contributed by atoms with Crippen LogP contribution < -0.4 is 9.47 Å². The van der Waals surface area contributed by atoms with Crippen molar-refractivity contribution in [2.45, 2.75) is 19.1 Å². The molecule has 0 saturated heterocycles. The Morgan fingerprint density at radius 1 is 1.21 bits per heavy atom. The van der Waals surface area contributed by atoms with Crippen LogP contribution in [0.25, 0.3) is 0 Å². The fourth-order valence-electron chi connectivity index (χ4n) is 1.28. The number of aliphatic hydroxyl groups is 1. The van der Waals surface area contributed by atoms with E-state index >= 15 is 0 Å². The van der Waals surface area contributed by atoms with E-state index in [2.05, 4.69) is 14.5 Å². The number of halogens is 6. The minimum absolute atomic E-state index is 0.0471. The van der Waals surface area contributed by atoms with Gasteiger partial charge in [-0.2, -0.15) is 13.2 Å². The van der Waals surface area contributed by atoms with E-state index < -0.39 is 42.0 Å². The number of hydrogen-bond donors (Lipinski definition) is 1. The number of hydrogen-bond acceptors (Lipinski definition) is 4. The summed E-state index contributed by atoms with van der Waals surface area (Å²) in [4.78, 5) is 3.10. The molecule has 0 aliphatic carbocycles. The van der Waals surface area contributed by atoms with Gasteiger partial charge in [0.2, 0.25) is 5.88 Å². The molecule has 0 unspecified atom stereocenters. The lowest BCUT2D eigenvalue weighted by atomic mass is 10.2. The van der Waals surface area contributed by atoms with Gasteiger partial charge < -0.3 is 14.6 Å². The van der Waals surface area contributed by atoms with Crippen LogP contribution in [0, 0.1) is 0 Å². The van der Waals surface area contributed by atoms with Crippen molar-refractivity contribution in [3.63, 3.8) is 0 Å². The lowest BCUT2D eigenvalue weighted by Gasteiger charge is -2.16. The molecule has 0 amide bonds. The molecule has 10 heteroatoms. The van der Waals surface area contributed by atoms with E-state index in [1.165, 1.54) is 0 Å². The van der Waals surface area contributed by atoms with Gasteiger partial charge in [0.05, 0.1) is 13.7 Å². The molecule has 0 aliphatic rings. The Balaban J connectivity index is 3.39. The van der Waals surface area contributed by atoms with Crippen molar-refractivity contribution in [2.75, 3.05) is 7.11 Å². The maximum Gasteiger partial charge on any atom is 0.574 e. The van der Waals surface area contributed by atoms with Gasteiger partial charge in [-0.1, -0.05) is 0 Å². The highest BCUT2D eigenvalue weighted by molar-refractivity contribution is 5.42. The number of methoxy groups -OCH3 is 1. The second kappa shape index (κ2) is 5.11. The van der Waals surface area contributed by atoms with Crippen LogP contribution in [0.15, 0.2) is 6.07 Å². The summed E-state index contributed by atoms with van der Waals surface area (Å²) in [6, 6.07) is 0.0471. The zero-order valence-electron chi connectivity index (χ0n) is 9.26. The predicted octanol–water partition coefficient (Wildman–Crippen LogP) is 2.50. The van der Waals surface area contributed by atoms with Gasteiger partial charge in [-0.25, -0.2) is 4.98 Å². The zero-order valence-corrected chi connectivity index (χ0v) is 9.26. The highest BCUT2D eigenvalue weighted by atomic mass is 19.4. The van der Waals surface area contributed by atoms with Gasteiger partial charge >= 0.3 is 12.5 Å². The van der Waals surface area contributed by atoms with E-state index in [4.69, 9.17) is 5.11 Å². The minimum atomic E-state index is -5.20. The average molecular weight is 291 g/mol. The summed E-state index contributed by atoms with van der Waals surface area (Å²) < 4.78 is 81.5. The SMILES string of the molecule is COc1c(C(F)(F)F)cc(OC(F)(F)F)nc1CO. The van der Waals surface area contributed by atoms with Crippen LogP contribution in [0.2, 0.25) is 0 Å². The van der Waals surface area contributed by atoms with E-state index in [-0.39, 0.29) is 6.07 Å². The fraction of sp³-hybridized carbons (Fsp3) is 0.444. The van der Waals surface area contributed by atoms with Crippen LogP contribution in [0.3, 0.4) is 0 Å². The molecule has 1 heterocycles. The standard InChI is InChI=1S/C9H7F6NO3/c1-18-7-4(8(10,11)12)2-6(16-5(7)3-17)19-9(13,14)15/h2,17H,3H2,1H3. The first-order chi connectivity index (χ1) is 8.58. The van der Waals surface area contributed by atoms with Crippen molar-refractivity contribution in [1.29, 1.82) is 0 Å². The molecular formula is C9H7F6NO3. The lowest BCUT2D eigenvalue weighted by molar-refractivity contribution is -0.276. The topological polar surface area (TPSA) is 51.6 Å². The molecule has 0 saturated carbocycles. The summed E-state index contributed by atoms with van der Waals surface area (Å²) in [5.41, 5.74) is -2.23. The van der Waals surface area contributed by atoms with Crippen LogP contribution >= 0.6 is 0 Å². The van der Waals surface area contributed by atoms with Gasteiger partial charge in [0.15, 0.2) is 5.75 Å². The minimum Gasteiger partial charge on any atom is -0.494 e. The first-order valence-electron chi connectivity index (χ1n) is 4.60. The van der Waals surface area contributed by atoms with Crippen LogP contribution in [0.4, 0.5) is 26.3 Å². The maximum absolute atomic E-state index is 12.6. The molecule has 0 spiro atoms. The molecule has 1 rings (SSSR count). The van der Waals surface area contributed by atoms with Crippen LogP contribution in [0.1, 0.15) is 11.3 Å². The Kier molecular flexibility index (Phi) is 4.13. The molecule has 0 fully saturated rings. The molecule has 0 aliphatic heterocycles. The largest absolute Gasteiger partial charge is 0.574 e. The van der Waals surface area contributed by atoms with Crippen molar-refractivity contribution in [1.82, 2.24) is 4.98 Å². The summed E-state index contributed by atoms with van der Waals surface area (Å²) in [6.07, 6.45) is -10.2. The molecular weight excluding hydrogens is 284 g/mol. The molecule has 108 valence electrons. The molecule has 19 heavy (non-hydrogen) atoms. The predicted molar refractivity (Wildman–Crippen MR) is 48.4 cm³/mol. The molecule has 0 bridgehead atoms. The van der Waals surface area contributed by atoms with Gasteiger partial charge in [-0.05, 0) is 0 Å². The fourth-order valence-corrected chi connectivity index (χ4v) is 1.28. The summed E-state index contributed by atoms with van der Waals surface area (Å²) >= 11 is 0. The third-order valence-corrected chi connectivity index (χ3v) is 1.90. The number of alkyl halides is 6. The molecule has 1 N–H and O–H groups in total. The number of rotatable bonds is 3. The Morgan fingerprint density at radius 2 is 1.79 bits per heavy atom. The Morgan fingerprint density at radius 3 is 2.16 bits per heavy atom. The Bertz CT molecular complexity index is 456. The Hall–Kier alpha value is -1.71. The van der Waals surface area contributed by atoms with Crippen LogP contribution in [-0.2, 0) is 12.8 Å². The normalized spacial score (nSPS) is 12.4. The molecule has 0 atom stereocenters. The van der Waals surface area contributed by atoms with Crippen LogP contribution in [-0.4, -0.2) is 23.6 Å². The van der Waals surface area contributed by atoms with E-state index in [0.29, 0.717) is 0 Å². The van der Waals surface area contributed by atoms with Crippen molar-refractivity contribution in [3.8, 4) is 11.6 Å².